The molecule has 7 heteroatoms. The molecule has 0 bridgehead atoms. The number of carbonyl (C=O) groups is 2. The molecule has 0 aliphatic carbocycles. The maximum atomic E-state index is 12.6. The molecule has 1 aliphatic rings. The largest absolute Gasteiger partial charge is 0.504 e. The molecule has 2 aromatic carbocycles. The van der Waals surface area contributed by atoms with Gasteiger partial charge in [-0.05, 0) is 48.9 Å². The minimum atomic E-state index is -0.339. The molecule has 7 nitrogen and oxygen atoms in total. The molecule has 0 saturated carbocycles. The number of carbonyl (C=O) groups excluding carboxylic acids is 2. The van der Waals surface area contributed by atoms with Gasteiger partial charge in [0.05, 0.1) is 12.2 Å². The number of phenols is 2. The Morgan fingerprint density at radius 2 is 1.84 bits per heavy atom. The first-order chi connectivity index (χ1) is 14.9. The number of ether oxygens (including phenoxy) is 2. The third kappa shape index (κ3) is 4.25. The summed E-state index contributed by atoms with van der Waals surface area (Å²) in [5, 5.41) is 18.9. The number of nitrogens with zero attached hydrogens (tertiary/aromatic N) is 1. The van der Waals surface area contributed by atoms with E-state index in [1.807, 2.05) is 6.92 Å². The number of aromatic nitrogens is 1. The lowest BCUT2D eigenvalue weighted by molar-refractivity contribution is -0.683. The van der Waals surface area contributed by atoms with Gasteiger partial charge < -0.3 is 19.7 Å². The van der Waals surface area contributed by atoms with E-state index in [-0.39, 0.29) is 35.4 Å². The summed E-state index contributed by atoms with van der Waals surface area (Å²) >= 11 is 0. The number of rotatable bonds is 6. The number of fused-ring (bicyclic) bond motifs is 1. The van der Waals surface area contributed by atoms with Crippen molar-refractivity contribution >= 4 is 17.6 Å². The second-order valence-corrected chi connectivity index (χ2v) is 6.96. The fourth-order valence-electron chi connectivity index (χ4n) is 3.20. The average Bonchev–Trinajstić information content (AvgIpc) is 3.06. The van der Waals surface area contributed by atoms with Crippen molar-refractivity contribution in [2.24, 2.45) is 0 Å². The first-order valence-corrected chi connectivity index (χ1v) is 9.70. The molecular weight excluding hydrogens is 398 g/mol. The molecule has 1 aromatic heterocycles. The van der Waals surface area contributed by atoms with Crippen molar-refractivity contribution in [3.05, 3.63) is 83.4 Å². The topological polar surface area (TPSA) is 96.9 Å². The van der Waals surface area contributed by atoms with Crippen LogP contribution < -0.4 is 14.0 Å². The summed E-state index contributed by atoms with van der Waals surface area (Å²) in [7, 11) is 0. The summed E-state index contributed by atoms with van der Waals surface area (Å²) in [5.41, 5.74) is 1.53. The number of ketones is 2. The third-order valence-electron chi connectivity index (χ3n) is 4.79. The minimum Gasteiger partial charge on any atom is -0.504 e. The van der Waals surface area contributed by atoms with Crippen LogP contribution in [0, 0.1) is 0 Å². The highest BCUT2D eigenvalue weighted by Crippen LogP contribution is 2.34. The summed E-state index contributed by atoms with van der Waals surface area (Å²) in [6.45, 7) is 2.46. The molecule has 0 saturated heterocycles. The molecule has 0 amide bonds. The Bertz CT molecular complexity index is 1200. The van der Waals surface area contributed by atoms with Gasteiger partial charge >= 0.3 is 0 Å². The summed E-state index contributed by atoms with van der Waals surface area (Å²) in [5.74, 6) is 0.295. The molecule has 0 radical (unpaired) electrons. The molecule has 0 atom stereocenters. The summed E-state index contributed by atoms with van der Waals surface area (Å²) in [4.78, 5) is 25.0. The average molecular weight is 418 g/mol. The molecule has 31 heavy (non-hydrogen) atoms. The maximum absolute atomic E-state index is 12.6. The van der Waals surface area contributed by atoms with Gasteiger partial charge in [-0.15, -0.1) is 0 Å². The monoisotopic (exact) mass is 418 g/mol. The van der Waals surface area contributed by atoms with Gasteiger partial charge in [-0.1, -0.05) is 0 Å². The summed E-state index contributed by atoms with van der Waals surface area (Å²) < 4.78 is 12.8. The van der Waals surface area contributed by atoms with Crippen LogP contribution in [0.15, 0.2) is 66.7 Å². The molecule has 2 N–H and O–H groups in total. The molecule has 0 unspecified atom stereocenters. The number of hydrogen-bond acceptors (Lipinski definition) is 6. The zero-order valence-electron chi connectivity index (χ0n) is 16.7. The maximum Gasteiger partial charge on any atom is 0.231 e. The van der Waals surface area contributed by atoms with E-state index in [0.29, 0.717) is 29.2 Å². The lowest BCUT2D eigenvalue weighted by Gasteiger charge is -2.04. The van der Waals surface area contributed by atoms with Crippen molar-refractivity contribution < 1.29 is 33.8 Å². The number of allylic oxidation sites excluding steroid dienone is 1. The third-order valence-corrected chi connectivity index (χ3v) is 4.79. The van der Waals surface area contributed by atoms with Crippen molar-refractivity contribution in [3.8, 4) is 23.0 Å². The van der Waals surface area contributed by atoms with E-state index < -0.39 is 0 Å². The van der Waals surface area contributed by atoms with Crippen LogP contribution in [-0.2, 0) is 6.54 Å². The van der Waals surface area contributed by atoms with Crippen LogP contribution in [-0.4, -0.2) is 28.4 Å². The summed E-state index contributed by atoms with van der Waals surface area (Å²) in [6.07, 6.45) is 5.07. The van der Waals surface area contributed by atoms with Gasteiger partial charge in [-0.25, -0.2) is 0 Å². The lowest BCUT2D eigenvalue weighted by Crippen LogP contribution is -2.37. The molecule has 4 rings (SSSR count). The Morgan fingerprint density at radius 3 is 2.55 bits per heavy atom. The Labute approximate surface area is 178 Å². The number of hydrogen-bond donors (Lipinski definition) is 2. The van der Waals surface area contributed by atoms with E-state index in [9.17, 15) is 19.8 Å². The number of benzene rings is 2. The van der Waals surface area contributed by atoms with Crippen LogP contribution in [0.25, 0.3) is 6.08 Å². The van der Waals surface area contributed by atoms with Gasteiger partial charge in [0.25, 0.3) is 0 Å². The Morgan fingerprint density at radius 1 is 1.06 bits per heavy atom. The van der Waals surface area contributed by atoms with Crippen LogP contribution in [0.4, 0.5) is 0 Å². The highest BCUT2D eigenvalue weighted by atomic mass is 16.5. The van der Waals surface area contributed by atoms with E-state index in [1.54, 1.807) is 53.4 Å². The second kappa shape index (κ2) is 8.31. The molecule has 1 aliphatic heterocycles. The van der Waals surface area contributed by atoms with Crippen LogP contribution >= 0.6 is 0 Å². The van der Waals surface area contributed by atoms with E-state index in [2.05, 4.69) is 0 Å². The first kappa shape index (κ1) is 20.2. The minimum absolute atomic E-state index is 0.0577. The number of Topliss-reactive ketones (excluding diaryl/α,β-unsaturated/α-hetero) is 2. The lowest BCUT2D eigenvalue weighted by atomic mass is 10.1. The fourth-order valence-corrected chi connectivity index (χ4v) is 3.20. The molecule has 3 aromatic rings. The molecule has 156 valence electrons. The first-order valence-electron chi connectivity index (χ1n) is 9.70. The number of aromatic hydroxyl groups is 2. The van der Waals surface area contributed by atoms with Gasteiger partial charge in [0.1, 0.15) is 11.5 Å². The Balaban J connectivity index is 1.47. The Kier molecular flexibility index (Phi) is 5.41. The quantitative estimate of drug-likeness (QED) is 0.276. The van der Waals surface area contributed by atoms with E-state index in [0.717, 1.165) is 5.56 Å². The SMILES string of the molecule is CCOc1ccc2c(c1)O/C(=C\c1cc[n+](CC(=O)c3ccc(O)c(O)c3)cc1)C2=O. The highest BCUT2D eigenvalue weighted by molar-refractivity contribution is 6.14. The van der Waals surface area contributed by atoms with Gasteiger partial charge in [-0.2, -0.15) is 4.57 Å². The van der Waals surface area contributed by atoms with Gasteiger partial charge in [0.15, 0.2) is 29.7 Å². The van der Waals surface area contributed by atoms with Crippen molar-refractivity contribution in [1.29, 1.82) is 0 Å². The van der Waals surface area contributed by atoms with Crippen LogP contribution in [0.1, 0.15) is 33.2 Å². The molecule has 2 heterocycles. The number of phenolic OH excluding ortho intramolecular Hbond substituents is 2. The van der Waals surface area contributed by atoms with Crippen LogP contribution in [0.3, 0.4) is 0 Å². The zero-order valence-corrected chi connectivity index (χ0v) is 16.7. The van der Waals surface area contributed by atoms with E-state index in [4.69, 9.17) is 9.47 Å². The predicted octanol–water partition coefficient (Wildman–Crippen LogP) is 3.28. The van der Waals surface area contributed by atoms with Crippen molar-refractivity contribution in [2.75, 3.05) is 6.61 Å². The predicted molar refractivity (Wildman–Crippen MR) is 111 cm³/mol. The second-order valence-electron chi connectivity index (χ2n) is 6.96. The van der Waals surface area contributed by atoms with Gasteiger partial charge in [-0.3, -0.25) is 9.59 Å². The standard InChI is InChI=1S/C24H19NO6/c1-2-30-17-4-5-18-22(13-17)31-23(24(18)29)11-15-7-9-25(10-8-15)14-21(28)16-3-6-19(26)20(27)12-16/h3-13,29H,2,14H2,1H3/p+1. The smallest absolute Gasteiger partial charge is 0.231 e. The molecule has 0 fully saturated rings. The van der Waals surface area contributed by atoms with Crippen molar-refractivity contribution in [2.45, 2.75) is 13.5 Å². The number of pyridine rings is 1. The Hall–Kier alpha value is -4.13. The normalized spacial score (nSPS) is 13.7. The molecular formula is C24H20NO6+. The summed E-state index contributed by atoms with van der Waals surface area (Å²) in [6, 6.07) is 12.6. The van der Waals surface area contributed by atoms with Gasteiger partial charge in [0.2, 0.25) is 18.1 Å². The highest BCUT2D eigenvalue weighted by Gasteiger charge is 2.27. The zero-order chi connectivity index (χ0) is 22.0. The van der Waals surface area contributed by atoms with Crippen molar-refractivity contribution in [3.63, 3.8) is 0 Å². The van der Waals surface area contributed by atoms with E-state index >= 15 is 0 Å². The van der Waals surface area contributed by atoms with Crippen LogP contribution in [0.2, 0.25) is 0 Å². The van der Waals surface area contributed by atoms with Crippen LogP contribution in [0.5, 0.6) is 23.0 Å². The van der Waals surface area contributed by atoms with Gasteiger partial charge in [0, 0.05) is 23.8 Å². The fraction of sp³-hybridized carbons (Fsp3) is 0.125. The molecule has 0 spiro atoms. The van der Waals surface area contributed by atoms with Crippen molar-refractivity contribution in [1.82, 2.24) is 0 Å². The van der Waals surface area contributed by atoms with E-state index in [1.165, 1.54) is 18.2 Å².